The van der Waals surface area contributed by atoms with Crippen LogP contribution in [0.5, 0.6) is 0 Å². The molecule has 2 nitrogen and oxygen atoms in total. The van der Waals surface area contributed by atoms with Crippen molar-refractivity contribution in [2.24, 2.45) is 11.7 Å². The van der Waals surface area contributed by atoms with Gasteiger partial charge in [-0.05, 0) is 30.4 Å². The summed E-state index contributed by atoms with van der Waals surface area (Å²) >= 11 is 5.10. The lowest BCUT2D eigenvalue weighted by Gasteiger charge is -1.99. The maximum absolute atomic E-state index is 10.3. The zero-order valence-electron chi connectivity index (χ0n) is 4.43. The molecule has 0 aromatic carbocycles. The normalized spacial score (nSPS) is 22.8. The van der Waals surface area contributed by atoms with E-state index in [0.717, 1.165) is 12.8 Å². The van der Waals surface area contributed by atoms with Gasteiger partial charge in [0.25, 0.3) is 0 Å². The summed E-state index contributed by atoms with van der Waals surface area (Å²) in [5, 5.41) is -0.396. The highest BCUT2D eigenvalue weighted by Crippen LogP contribution is 2.32. The van der Waals surface area contributed by atoms with E-state index in [1.807, 2.05) is 0 Å². The van der Waals surface area contributed by atoms with Gasteiger partial charge in [-0.2, -0.15) is 0 Å². The summed E-state index contributed by atoms with van der Waals surface area (Å²) in [6.45, 7) is 0. The Kier molecular flexibility index (Phi) is 1.54. The zero-order valence-corrected chi connectivity index (χ0v) is 5.19. The van der Waals surface area contributed by atoms with Gasteiger partial charge >= 0.3 is 0 Å². The topological polar surface area (TPSA) is 43.1 Å². The predicted octanol–water partition coefficient (Wildman–Crippen LogP) is 0.489. The number of carbonyl (C=O) groups excluding carboxylic acids is 1. The monoisotopic (exact) mass is 133 g/mol. The molecule has 0 spiro atoms. The van der Waals surface area contributed by atoms with Crippen molar-refractivity contribution < 1.29 is 4.79 Å². The SMILES string of the molecule is NC(C(=O)Cl)C1CC1. The van der Waals surface area contributed by atoms with Crippen molar-refractivity contribution in [1.82, 2.24) is 0 Å². The van der Waals surface area contributed by atoms with Gasteiger partial charge in [0.2, 0.25) is 5.24 Å². The molecule has 1 saturated carbocycles. The van der Waals surface area contributed by atoms with Crippen molar-refractivity contribution in [1.29, 1.82) is 0 Å². The second-order valence-corrected chi connectivity index (χ2v) is 2.54. The Balaban J connectivity index is 2.32. The van der Waals surface area contributed by atoms with Crippen molar-refractivity contribution >= 4 is 16.8 Å². The van der Waals surface area contributed by atoms with Gasteiger partial charge in [0.1, 0.15) is 0 Å². The zero-order chi connectivity index (χ0) is 6.15. The Hall–Kier alpha value is -0.0800. The lowest BCUT2D eigenvalue weighted by Crippen LogP contribution is -2.28. The number of halogens is 1. The third kappa shape index (κ3) is 1.20. The maximum atomic E-state index is 10.3. The summed E-state index contributed by atoms with van der Waals surface area (Å²) in [5.74, 6) is 0.389. The molecule has 1 aliphatic rings. The van der Waals surface area contributed by atoms with Crippen LogP contribution in [0.4, 0.5) is 0 Å². The second kappa shape index (κ2) is 2.03. The third-order valence-corrected chi connectivity index (χ3v) is 1.64. The minimum atomic E-state index is -0.396. The van der Waals surface area contributed by atoms with Gasteiger partial charge < -0.3 is 5.73 Å². The van der Waals surface area contributed by atoms with Crippen LogP contribution in [0.3, 0.4) is 0 Å². The molecule has 46 valence electrons. The van der Waals surface area contributed by atoms with Crippen LogP contribution in [0.15, 0.2) is 0 Å². The summed E-state index contributed by atoms with van der Waals surface area (Å²) in [6.07, 6.45) is 2.14. The first-order valence-electron chi connectivity index (χ1n) is 2.66. The number of rotatable bonds is 2. The highest BCUT2D eigenvalue weighted by atomic mass is 35.5. The van der Waals surface area contributed by atoms with E-state index in [-0.39, 0.29) is 0 Å². The van der Waals surface area contributed by atoms with E-state index in [1.54, 1.807) is 0 Å². The molecule has 0 aromatic heterocycles. The van der Waals surface area contributed by atoms with E-state index in [9.17, 15) is 4.79 Å². The van der Waals surface area contributed by atoms with Crippen LogP contribution in [-0.2, 0) is 4.79 Å². The summed E-state index contributed by atoms with van der Waals surface area (Å²) < 4.78 is 0. The molecule has 1 aliphatic carbocycles. The molecular weight excluding hydrogens is 126 g/mol. The molecule has 8 heavy (non-hydrogen) atoms. The quantitative estimate of drug-likeness (QED) is 0.557. The van der Waals surface area contributed by atoms with Crippen LogP contribution in [0.2, 0.25) is 0 Å². The van der Waals surface area contributed by atoms with Gasteiger partial charge in [-0.1, -0.05) is 0 Å². The smallest absolute Gasteiger partial charge is 0.238 e. The molecule has 0 saturated heterocycles. The number of hydrogen-bond donors (Lipinski definition) is 1. The fourth-order valence-corrected chi connectivity index (χ4v) is 0.819. The molecule has 0 heterocycles. The number of hydrogen-bond acceptors (Lipinski definition) is 2. The second-order valence-electron chi connectivity index (χ2n) is 2.17. The van der Waals surface area contributed by atoms with Crippen molar-refractivity contribution in [2.75, 3.05) is 0 Å². The van der Waals surface area contributed by atoms with Crippen LogP contribution >= 0.6 is 11.6 Å². The fraction of sp³-hybridized carbons (Fsp3) is 0.800. The minimum absolute atomic E-state index is 0.389. The molecule has 0 radical (unpaired) electrons. The average Bonchev–Trinajstić information content (AvgIpc) is 2.43. The Morgan fingerprint density at radius 1 is 1.75 bits per heavy atom. The molecule has 1 rings (SSSR count). The summed E-state index contributed by atoms with van der Waals surface area (Å²) in [5.41, 5.74) is 5.34. The predicted molar refractivity (Wildman–Crippen MR) is 31.6 cm³/mol. The lowest BCUT2D eigenvalue weighted by molar-refractivity contribution is -0.113. The van der Waals surface area contributed by atoms with E-state index in [2.05, 4.69) is 0 Å². The molecule has 2 N–H and O–H groups in total. The summed E-state index contributed by atoms with van der Waals surface area (Å²) in [7, 11) is 0. The Morgan fingerprint density at radius 3 is 2.38 bits per heavy atom. The van der Waals surface area contributed by atoms with E-state index in [4.69, 9.17) is 17.3 Å². The van der Waals surface area contributed by atoms with Crippen LogP contribution in [0.25, 0.3) is 0 Å². The van der Waals surface area contributed by atoms with Gasteiger partial charge in [0, 0.05) is 0 Å². The van der Waals surface area contributed by atoms with E-state index in [0.29, 0.717) is 5.92 Å². The van der Waals surface area contributed by atoms with Gasteiger partial charge in [-0.3, -0.25) is 4.79 Å². The van der Waals surface area contributed by atoms with Gasteiger partial charge in [0.05, 0.1) is 6.04 Å². The first kappa shape index (κ1) is 6.05. The number of nitrogens with two attached hydrogens (primary N) is 1. The number of carbonyl (C=O) groups is 1. The first-order chi connectivity index (χ1) is 3.72. The van der Waals surface area contributed by atoms with Crippen LogP contribution < -0.4 is 5.73 Å². The molecule has 1 unspecified atom stereocenters. The largest absolute Gasteiger partial charge is 0.320 e. The molecular formula is C5H8ClNO. The molecule has 0 aromatic rings. The van der Waals surface area contributed by atoms with Gasteiger partial charge in [0.15, 0.2) is 0 Å². The molecule has 3 heteroatoms. The molecule has 0 amide bonds. The maximum Gasteiger partial charge on any atom is 0.238 e. The minimum Gasteiger partial charge on any atom is -0.320 e. The molecule has 0 bridgehead atoms. The summed E-state index contributed by atoms with van der Waals surface area (Å²) in [4.78, 5) is 10.3. The average molecular weight is 134 g/mol. The van der Waals surface area contributed by atoms with Gasteiger partial charge in [-0.25, -0.2) is 0 Å². The van der Waals surface area contributed by atoms with E-state index in [1.165, 1.54) is 0 Å². The van der Waals surface area contributed by atoms with Crippen molar-refractivity contribution in [3.05, 3.63) is 0 Å². The van der Waals surface area contributed by atoms with Crippen molar-refractivity contribution in [2.45, 2.75) is 18.9 Å². The molecule has 0 aliphatic heterocycles. The van der Waals surface area contributed by atoms with Crippen molar-refractivity contribution in [3.63, 3.8) is 0 Å². The first-order valence-corrected chi connectivity index (χ1v) is 3.04. The Labute approximate surface area is 53.0 Å². The fourth-order valence-electron chi connectivity index (χ4n) is 0.641. The Bertz CT molecular complexity index is 111. The molecule has 1 fully saturated rings. The Morgan fingerprint density at radius 2 is 2.25 bits per heavy atom. The molecule has 1 atom stereocenters. The van der Waals surface area contributed by atoms with E-state index >= 15 is 0 Å². The summed E-state index contributed by atoms with van der Waals surface area (Å²) in [6, 6.07) is -0.392. The lowest BCUT2D eigenvalue weighted by atomic mass is 10.2. The highest BCUT2D eigenvalue weighted by molar-refractivity contribution is 6.64. The van der Waals surface area contributed by atoms with Crippen LogP contribution in [-0.4, -0.2) is 11.3 Å². The van der Waals surface area contributed by atoms with Gasteiger partial charge in [-0.15, -0.1) is 0 Å². The highest BCUT2D eigenvalue weighted by Gasteiger charge is 2.32. The van der Waals surface area contributed by atoms with Crippen molar-refractivity contribution in [3.8, 4) is 0 Å². The standard InChI is InChI=1S/C5H8ClNO/c6-5(8)4(7)3-1-2-3/h3-4H,1-2,7H2. The van der Waals surface area contributed by atoms with Crippen LogP contribution in [0, 0.1) is 5.92 Å². The third-order valence-electron chi connectivity index (χ3n) is 1.39. The van der Waals surface area contributed by atoms with Crippen LogP contribution in [0.1, 0.15) is 12.8 Å². The van der Waals surface area contributed by atoms with E-state index < -0.39 is 11.3 Å².